The maximum absolute atomic E-state index is 14.3. The normalized spacial score (nSPS) is 19.1. The fraction of sp³-hybridized carbons (Fsp3) is 0.362. The minimum absolute atomic E-state index is 0.0942. The number of amides is 1. The van der Waals surface area contributed by atoms with Crippen LogP contribution in [0.3, 0.4) is 0 Å². The summed E-state index contributed by atoms with van der Waals surface area (Å²) in [6.07, 6.45) is 7.65. The van der Waals surface area contributed by atoms with Crippen molar-refractivity contribution in [3.05, 3.63) is 122 Å². The Morgan fingerprint density at radius 3 is 2.59 bits per heavy atom. The maximum atomic E-state index is 14.3. The van der Waals surface area contributed by atoms with Crippen LogP contribution in [0.5, 0.6) is 5.88 Å². The summed E-state index contributed by atoms with van der Waals surface area (Å²) in [7, 11) is -4.59. The van der Waals surface area contributed by atoms with Gasteiger partial charge < -0.3 is 29.4 Å². The van der Waals surface area contributed by atoms with E-state index in [-0.39, 0.29) is 35.9 Å². The number of aromatic nitrogens is 2. The Balaban J connectivity index is 0.998. The molecule has 0 saturated carbocycles. The number of carbonyl (C=O) groups is 1. The quantitative estimate of drug-likeness (QED) is 0.0806. The van der Waals surface area contributed by atoms with Crippen LogP contribution in [0.25, 0.3) is 22.2 Å². The molecular formula is C47H50ClN7O8S. The zero-order valence-corrected chi connectivity index (χ0v) is 37.3. The number of anilines is 3. The minimum Gasteiger partial charge on any atom is -0.474 e. The van der Waals surface area contributed by atoms with Gasteiger partial charge in [-0.3, -0.25) is 19.8 Å². The van der Waals surface area contributed by atoms with Gasteiger partial charge in [0.25, 0.3) is 21.6 Å². The molecule has 0 bridgehead atoms. The summed E-state index contributed by atoms with van der Waals surface area (Å²) in [5.41, 5.74) is 7.81. The standard InChI is InChI=1S/C47H50ClN7O8S/c1-47(2)15-11-34(39(26-47)31-3-6-35(48)7-4-31)28-53-17-13-30(14-18-53)32-5-9-38(41(23-32)54-19-20-63-46-43(54)24-33-12-16-49-44(33)51-46)45(56)52-64(59,60)37-8-10-40(42(25-37)55(57)58)50-27-36-29-61-21-22-62-36/h3-10,12-13,16,23-25,36,50H,11,14-15,17-22,26-29H2,1-2H3,(H,49,51)(H,52,56)/t36-/m1/s1. The third-order valence-corrected chi connectivity index (χ3v) is 14.0. The second-order valence-corrected chi connectivity index (χ2v) is 19.5. The van der Waals surface area contributed by atoms with Crippen LogP contribution in [0.4, 0.5) is 22.7 Å². The van der Waals surface area contributed by atoms with Crippen molar-refractivity contribution in [3.8, 4) is 5.88 Å². The SMILES string of the molecule is CC1(C)CCC(CN2CC=C(c3ccc(C(=O)NS(=O)(=O)c4ccc(NC[C@@H]5COCCO5)c([N+](=O)[O-])c4)c(N4CCOc5nc6[nH]ccc6cc54)c3)CC2)=C(c2ccc(Cl)cc2)C1. The van der Waals surface area contributed by atoms with E-state index in [4.69, 9.17) is 25.8 Å². The number of carbonyl (C=O) groups excluding carboxylic acids is 1. The molecule has 1 amide bonds. The highest BCUT2D eigenvalue weighted by Crippen LogP contribution is 2.44. The highest BCUT2D eigenvalue weighted by Gasteiger charge is 2.32. The number of halogens is 1. The summed E-state index contributed by atoms with van der Waals surface area (Å²) in [6.45, 7) is 9.16. The van der Waals surface area contributed by atoms with E-state index in [1.165, 1.54) is 28.8 Å². The summed E-state index contributed by atoms with van der Waals surface area (Å²) in [5.74, 6) is -0.520. The lowest BCUT2D eigenvalue weighted by atomic mass is 9.72. The number of nitrogens with zero attached hydrogens (tertiary/aromatic N) is 4. The molecule has 5 heterocycles. The van der Waals surface area contributed by atoms with Crippen molar-refractivity contribution < 1.29 is 32.3 Å². The zero-order valence-electron chi connectivity index (χ0n) is 35.7. The number of sulfonamides is 1. The molecule has 1 atom stereocenters. The van der Waals surface area contributed by atoms with Crippen LogP contribution in [0.1, 0.15) is 61.0 Å². The number of allylic oxidation sites excluding steroid dienone is 1. The number of nitrogens with one attached hydrogen (secondary N) is 3. The van der Waals surface area contributed by atoms with Gasteiger partial charge in [-0.1, -0.05) is 55.3 Å². The second kappa shape index (κ2) is 18.0. The van der Waals surface area contributed by atoms with Crippen LogP contribution < -0.4 is 19.7 Å². The van der Waals surface area contributed by atoms with Gasteiger partial charge in [-0.15, -0.1) is 0 Å². The van der Waals surface area contributed by atoms with E-state index < -0.39 is 31.4 Å². The predicted octanol–water partition coefficient (Wildman–Crippen LogP) is 8.35. The molecule has 5 aromatic rings. The van der Waals surface area contributed by atoms with Crippen molar-refractivity contribution in [2.45, 2.75) is 50.5 Å². The lowest BCUT2D eigenvalue weighted by molar-refractivity contribution is -0.384. The van der Waals surface area contributed by atoms with E-state index in [0.717, 1.165) is 72.9 Å². The van der Waals surface area contributed by atoms with E-state index >= 15 is 0 Å². The van der Waals surface area contributed by atoms with Gasteiger partial charge in [0.1, 0.15) is 23.6 Å². The molecule has 1 aliphatic carbocycles. The molecule has 334 valence electrons. The van der Waals surface area contributed by atoms with Crippen LogP contribution in [0.2, 0.25) is 5.02 Å². The number of nitro groups is 1. The van der Waals surface area contributed by atoms with E-state index in [2.05, 4.69) is 57.0 Å². The number of benzene rings is 3. The molecule has 2 aromatic heterocycles. The van der Waals surface area contributed by atoms with Crippen molar-refractivity contribution in [2.75, 3.05) is 69.4 Å². The lowest BCUT2D eigenvalue weighted by Crippen LogP contribution is -2.35. The fourth-order valence-corrected chi connectivity index (χ4v) is 10.1. The number of rotatable bonds is 12. The number of hydrogen-bond acceptors (Lipinski definition) is 12. The first-order chi connectivity index (χ1) is 30.8. The Hall–Kier alpha value is -5.78. The van der Waals surface area contributed by atoms with Gasteiger partial charge in [0.2, 0.25) is 5.88 Å². The first kappa shape index (κ1) is 43.5. The fourth-order valence-electron chi connectivity index (χ4n) is 8.95. The third-order valence-electron chi connectivity index (χ3n) is 12.4. The van der Waals surface area contributed by atoms with Crippen LogP contribution >= 0.6 is 11.6 Å². The predicted molar refractivity (Wildman–Crippen MR) is 247 cm³/mol. The van der Waals surface area contributed by atoms with Crippen molar-refractivity contribution in [2.24, 2.45) is 5.41 Å². The average molecular weight is 908 g/mol. The monoisotopic (exact) mass is 907 g/mol. The molecule has 17 heteroatoms. The van der Waals surface area contributed by atoms with Crippen LogP contribution in [0.15, 0.2) is 95.5 Å². The summed E-state index contributed by atoms with van der Waals surface area (Å²) in [5, 5.41) is 16.7. The Bertz CT molecular complexity index is 2780. The first-order valence-electron chi connectivity index (χ1n) is 21.5. The van der Waals surface area contributed by atoms with Gasteiger partial charge in [-0.05, 0) is 102 Å². The molecule has 3 N–H and O–H groups in total. The van der Waals surface area contributed by atoms with Crippen molar-refractivity contribution in [3.63, 3.8) is 0 Å². The molecule has 3 aromatic carbocycles. The topological polar surface area (TPSA) is 181 Å². The van der Waals surface area contributed by atoms with E-state index in [1.807, 2.05) is 41.3 Å². The smallest absolute Gasteiger partial charge is 0.293 e. The number of fused-ring (bicyclic) bond motifs is 2. The van der Waals surface area contributed by atoms with E-state index in [9.17, 15) is 23.3 Å². The van der Waals surface area contributed by atoms with Gasteiger partial charge in [0.05, 0.1) is 53.5 Å². The summed E-state index contributed by atoms with van der Waals surface area (Å²) >= 11 is 6.26. The number of ether oxygens (including phenoxy) is 3. The van der Waals surface area contributed by atoms with Gasteiger partial charge in [-0.25, -0.2) is 13.1 Å². The third kappa shape index (κ3) is 9.38. The van der Waals surface area contributed by atoms with Crippen LogP contribution in [0, 0.1) is 15.5 Å². The molecule has 15 nitrogen and oxygen atoms in total. The van der Waals surface area contributed by atoms with Crippen LogP contribution in [-0.2, 0) is 19.5 Å². The van der Waals surface area contributed by atoms with E-state index in [1.54, 1.807) is 12.3 Å². The van der Waals surface area contributed by atoms with Gasteiger partial charge in [0, 0.05) is 48.9 Å². The molecule has 0 unspecified atom stereocenters. The van der Waals surface area contributed by atoms with Gasteiger partial charge in [-0.2, -0.15) is 4.98 Å². The molecule has 9 rings (SSSR count). The first-order valence-corrected chi connectivity index (χ1v) is 23.4. The van der Waals surface area contributed by atoms with Crippen molar-refractivity contribution >= 4 is 72.5 Å². The Morgan fingerprint density at radius 1 is 1.00 bits per heavy atom. The minimum atomic E-state index is -4.59. The average Bonchev–Trinajstić information content (AvgIpc) is 3.76. The molecule has 0 spiro atoms. The molecule has 1 fully saturated rings. The molecular weight excluding hydrogens is 858 g/mol. The Labute approximate surface area is 376 Å². The number of H-pyrrole nitrogens is 1. The highest BCUT2D eigenvalue weighted by molar-refractivity contribution is 7.90. The van der Waals surface area contributed by atoms with Crippen molar-refractivity contribution in [1.29, 1.82) is 0 Å². The molecule has 0 radical (unpaired) electrons. The van der Waals surface area contributed by atoms with Gasteiger partial charge >= 0.3 is 0 Å². The highest BCUT2D eigenvalue weighted by atomic mass is 35.5. The largest absolute Gasteiger partial charge is 0.474 e. The molecule has 1 saturated heterocycles. The number of nitro benzene ring substituents is 1. The maximum Gasteiger partial charge on any atom is 0.293 e. The number of hydrogen-bond donors (Lipinski definition) is 3. The van der Waals surface area contributed by atoms with Crippen molar-refractivity contribution in [1.82, 2.24) is 19.6 Å². The van der Waals surface area contributed by atoms with Gasteiger partial charge in [0.15, 0.2) is 0 Å². The zero-order chi connectivity index (χ0) is 44.6. The van der Waals surface area contributed by atoms with E-state index in [0.29, 0.717) is 49.3 Å². The molecule has 64 heavy (non-hydrogen) atoms. The summed E-state index contributed by atoms with van der Waals surface area (Å²) < 4.78 is 46.9. The second-order valence-electron chi connectivity index (χ2n) is 17.4. The Kier molecular flexibility index (Phi) is 12.2. The Morgan fingerprint density at radius 2 is 1.83 bits per heavy atom. The number of pyridine rings is 1. The lowest BCUT2D eigenvalue weighted by Gasteiger charge is -2.36. The molecule has 4 aliphatic rings. The van der Waals surface area contributed by atoms with Crippen LogP contribution in [-0.4, -0.2) is 99.4 Å². The molecule has 3 aliphatic heterocycles. The number of aromatic amines is 1. The summed E-state index contributed by atoms with van der Waals surface area (Å²) in [4.78, 5) is 37.5. The summed E-state index contributed by atoms with van der Waals surface area (Å²) in [6, 6.07) is 20.9.